The van der Waals surface area contributed by atoms with Gasteiger partial charge in [0.15, 0.2) is 0 Å². The Morgan fingerprint density at radius 1 is 1.92 bits per heavy atom. The maximum atomic E-state index is 10.5. The highest BCUT2D eigenvalue weighted by molar-refractivity contribution is 6.17. The normalized spacial score (nSPS) is 30.3. The van der Waals surface area contributed by atoms with Crippen LogP contribution in [0.25, 0.3) is 0 Å². The molecule has 0 radical (unpaired) electrons. The lowest BCUT2D eigenvalue weighted by Gasteiger charge is -2.10. The van der Waals surface area contributed by atoms with E-state index in [1.165, 1.54) is 12.5 Å². The van der Waals surface area contributed by atoms with Gasteiger partial charge in [0.1, 0.15) is 14.5 Å². The van der Waals surface area contributed by atoms with Crippen LogP contribution < -0.4 is 0 Å². The maximum Gasteiger partial charge on any atom is 0.302 e. The Balaban J connectivity index is 2.44. The minimum atomic E-state index is -0.287. The van der Waals surface area contributed by atoms with Gasteiger partial charge in [-0.15, -0.1) is 5.98 Å². The van der Waals surface area contributed by atoms with Crippen molar-refractivity contribution in [3.8, 4) is 0 Å². The van der Waals surface area contributed by atoms with Crippen molar-refractivity contribution < 1.29 is 14.6 Å². The van der Waals surface area contributed by atoms with Crippen molar-refractivity contribution in [1.82, 2.24) is 0 Å². The molecule has 0 saturated heterocycles. The van der Waals surface area contributed by atoms with Crippen molar-refractivity contribution in [2.75, 3.05) is 13.2 Å². The second-order valence-electron chi connectivity index (χ2n) is 3.21. The number of esters is 1. The topological polar surface area (TPSA) is 46.5 Å². The molecule has 1 rings (SSSR count). The highest BCUT2D eigenvalue weighted by Crippen LogP contribution is 2.51. The quantitative estimate of drug-likeness (QED) is 0.454. The molecule has 0 bridgehead atoms. The van der Waals surface area contributed by atoms with Crippen molar-refractivity contribution >= 4 is 13.8 Å². The van der Waals surface area contributed by atoms with Gasteiger partial charge in [-0.05, 0) is 6.42 Å². The number of hydrogen-bond donors (Lipinski definition) is 1. The number of rotatable bonds is 3. The number of carbonyl (C=O) groups is 1. The van der Waals surface area contributed by atoms with E-state index in [0.717, 1.165) is 6.42 Å². The molecule has 0 aliphatic heterocycles. The fraction of sp³-hybridized carbons (Fsp3) is 0.625. The first kappa shape index (κ1) is 9.32. The molecule has 4 heteroatoms. The first-order chi connectivity index (χ1) is 5.64. The molecule has 1 N–H and O–H groups in total. The summed E-state index contributed by atoms with van der Waals surface area (Å²) in [4.78, 5) is 10.5. The van der Waals surface area contributed by atoms with Crippen LogP contribution in [0.4, 0.5) is 0 Å². The number of aliphatic hydroxyl groups is 1. The Morgan fingerprint density at radius 2 is 2.58 bits per heavy atom. The zero-order chi connectivity index (χ0) is 9.19. The molecule has 3 nitrogen and oxygen atoms in total. The Kier molecular flexibility index (Phi) is 2.57. The molecule has 1 saturated carbocycles. The molecule has 0 aromatic heterocycles. The van der Waals surface area contributed by atoms with Crippen molar-refractivity contribution in [1.29, 1.82) is 0 Å². The van der Waals surface area contributed by atoms with E-state index < -0.39 is 0 Å². The fourth-order valence-electron chi connectivity index (χ4n) is 1.32. The summed E-state index contributed by atoms with van der Waals surface area (Å²) in [6.07, 6.45) is 0.854. The fourth-order valence-corrected chi connectivity index (χ4v) is 1.32. The van der Waals surface area contributed by atoms with E-state index in [0.29, 0.717) is 6.61 Å². The molecule has 1 unspecified atom stereocenters. The van der Waals surface area contributed by atoms with E-state index in [9.17, 15) is 4.79 Å². The lowest BCUT2D eigenvalue weighted by molar-refractivity contribution is -0.143. The molecule has 0 aromatic carbocycles. The predicted octanol–water partition coefficient (Wildman–Crippen LogP) is -0.551. The molecule has 1 atom stereocenters. The van der Waals surface area contributed by atoms with Gasteiger partial charge in [-0.25, -0.2) is 0 Å². The standard InChI is InChI=1S/C8H13BO3/c1-6(11)12-5-8(4-10)2-7(8)3-9/h3,10H,2,4-5,9H2,1H3/b7-3-. The molecule has 12 heavy (non-hydrogen) atoms. The van der Waals surface area contributed by atoms with E-state index in [1.54, 1.807) is 0 Å². The molecule has 1 aliphatic rings. The van der Waals surface area contributed by atoms with E-state index in [1.807, 2.05) is 13.8 Å². The molecular formula is C8H13BO3. The zero-order valence-electron chi connectivity index (χ0n) is 7.46. The van der Waals surface area contributed by atoms with Gasteiger partial charge in [0.2, 0.25) is 0 Å². The van der Waals surface area contributed by atoms with Crippen LogP contribution >= 0.6 is 0 Å². The number of aliphatic hydroxyl groups excluding tert-OH is 1. The third-order valence-corrected chi connectivity index (χ3v) is 2.29. The molecule has 0 amide bonds. The lowest BCUT2D eigenvalue weighted by atomic mass is 10.0. The average molecular weight is 168 g/mol. The summed E-state index contributed by atoms with van der Waals surface area (Å²) in [5.41, 5.74) is 0.951. The molecule has 0 heterocycles. The molecular weight excluding hydrogens is 155 g/mol. The highest BCUT2D eigenvalue weighted by atomic mass is 16.5. The summed E-state index contributed by atoms with van der Waals surface area (Å²) in [6, 6.07) is 0. The highest BCUT2D eigenvalue weighted by Gasteiger charge is 2.48. The van der Waals surface area contributed by atoms with Crippen molar-refractivity contribution in [3.05, 3.63) is 11.5 Å². The molecule has 66 valence electrons. The largest absolute Gasteiger partial charge is 0.465 e. The average Bonchev–Trinajstić information content (AvgIpc) is 2.76. The van der Waals surface area contributed by atoms with Crippen LogP contribution in [0, 0.1) is 5.41 Å². The van der Waals surface area contributed by atoms with Crippen molar-refractivity contribution in [2.45, 2.75) is 13.3 Å². The summed E-state index contributed by atoms with van der Waals surface area (Å²) >= 11 is 0. The Bertz CT molecular complexity index is 224. The molecule has 0 spiro atoms. The van der Waals surface area contributed by atoms with Crippen LogP contribution in [0.5, 0.6) is 0 Å². The Hall–Kier alpha value is -0.765. The van der Waals surface area contributed by atoms with Gasteiger partial charge >= 0.3 is 5.97 Å². The summed E-state index contributed by atoms with van der Waals surface area (Å²) in [5.74, 6) is 1.69. The number of hydrogen-bond acceptors (Lipinski definition) is 3. The molecule has 1 aliphatic carbocycles. The van der Waals surface area contributed by atoms with Gasteiger partial charge in [-0.1, -0.05) is 5.57 Å². The SMILES string of the molecule is B/C=C1/CC1(CO)COC(C)=O. The van der Waals surface area contributed by atoms with Crippen LogP contribution in [0.3, 0.4) is 0 Å². The zero-order valence-corrected chi connectivity index (χ0v) is 7.46. The minimum absolute atomic E-state index is 0.0694. The lowest BCUT2D eigenvalue weighted by Crippen LogP contribution is -2.17. The van der Waals surface area contributed by atoms with Crippen LogP contribution in [-0.2, 0) is 9.53 Å². The van der Waals surface area contributed by atoms with Gasteiger partial charge in [-0.2, -0.15) is 0 Å². The smallest absolute Gasteiger partial charge is 0.302 e. The van der Waals surface area contributed by atoms with E-state index in [-0.39, 0.29) is 18.0 Å². The van der Waals surface area contributed by atoms with Gasteiger partial charge < -0.3 is 9.84 Å². The van der Waals surface area contributed by atoms with Gasteiger partial charge in [-0.3, -0.25) is 4.79 Å². The van der Waals surface area contributed by atoms with Crippen LogP contribution in [0.2, 0.25) is 0 Å². The van der Waals surface area contributed by atoms with Gasteiger partial charge in [0, 0.05) is 6.92 Å². The van der Waals surface area contributed by atoms with Crippen molar-refractivity contribution in [2.24, 2.45) is 5.41 Å². The second kappa shape index (κ2) is 3.31. The first-order valence-electron chi connectivity index (χ1n) is 4.04. The summed E-state index contributed by atoms with van der Waals surface area (Å²) < 4.78 is 4.85. The van der Waals surface area contributed by atoms with Crippen LogP contribution in [0.1, 0.15) is 13.3 Å². The van der Waals surface area contributed by atoms with Crippen LogP contribution in [0.15, 0.2) is 11.5 Å². The van der Waals surface area contributed by atoms with Crippen molar-refractivity contribution in [3.63, 3.8) is 0 Å². The summed E-state index contributed by atoms with van der Waals surface area (Å²) in [6.45, 7) is 1.77. The Morgan fingerprint density at radius 3 is 2.92 bits per heavy atom. The van der Waals surface area contributed by atoms with Gasteiger partial charge in [0.25, 0.3) is 0 Å². The number of carbonyl (C=O) groups excluding carboxylic acids is 1. The third kappa shape index (κ3) is 1.69. The monoisotopic (exact) mass is 168 g/mol. The van der Waals surface area contributed by atoms with Crippen LogP contribution in [-0.4, -0.2) is 32.1 Å². The third-order valence-electron chi connectivity index (χ3n) is 2.29. The first-order valence-corrected chi connectivity index (χ1v) is 4.04. The number of ether oxygens (including phenoxy) is 1. The predicted molar refractivity (Wildman–Crippen MR) is 47.4 cm³/mol. The Labute approximate surface area is 72.8 Å². The van der Waals surface area contributed by atoms with E-state index in [2.05, 4.69) is 0 Å². The van der Waals surface area contributed by atoms with E-state index in [4.69, 9.17) is 9.84 Å². The second-order valence-corrected chi connectivity index (χ2v) is 3.21. The van der Waals surface area contributed by atoms with E-state index >= 15 is 0 Å². The van der Waals surface area contributed by atoms with Gasteiger partial charge in [0.05, 0.1) is 12.0 Å². The maximum absolute atomic E-state index is 10.5. The summed E-state index contributed by atoms with van der Waals surface area (Å²) in [7, 11) is 1.93. The molecule has 0 aromatic rings. The molecule has 1 fully saturated rings. The summed E-state index contributed by atoms with van der Waals surface area (Å²) in [5, 5.41) is 9.04. The minimum Gasteiger partial charge on any atom is -0.465 e.